The maximum Gasteiger partial charge on any atom is 0.334 e. The Morgan fingerprint density at radius 3 is 2.50 bits per heavy atom. The van der Waals surface area contributed by atoms with Gasteiger partial charge in [-0.3, -0.25) is 5.73 Å². The van der Waals surface area contributed by atoms with Crippen molar-refractivity contribution in [2.75, 3.05) is 6.73 Å². The molecule has 0 spiro atoms. The van der Waals surface area contributed by atoms with Crippen LogP contribution in [-0.4, -0.2) is 12.7 Å². The van der Waals surface area contributed by atoms with Gasteiger partial charge in [-0.15, -0.1) is 0 Å². The van der Waals surface area contributed by atoms with Crippen molar-refractivity contribution >= 4 is 5.97 Å². The number of nitrogens with two attached hydrogens (primary N) is 1. The number of rotatable bonds is 3. The van der Waals surface area contributed by atoms with Crippen molar-refractivity contribution in [1.29, 1.82) is 0 Å². The lowest BCUT2D eigenvalue weighted by molar-refractivity contribution is -0.139. The molecular formula is C7H13NO2. The standard InChI is InChI=1S/C7H13NO2/c1-5(2)6(3)7(9)10-4-8/h5H,3-4,8H2,1-2H3. The highest BCUT2D eigenvalue weighted by atomic mass is 16.5. The Balaban J connectivity index is 3.83. The van der Waals surface area contributed by atoms with Crippen molar-refractivity contribution in [3.8, 4) is 0 Å². The predicted molar refractivity (Wildman–Crippen MR) is 39.1 cm³/mol. The average Bonchev–Trinajstić information content (AvgIpc) is 1.87. The van der Waals surface area contributed by atoms with E-state index < -0.39 is 5.97 Å². The van der Waals surface area contributed by atoms with Crippen LogP contribution in [-0.2, 0) is 9.53 Å². The van der Waals surface area contributed by atoms with E-state index in [0.717, 1.165) is 0 Å². The second kappa shape index (κ2) is 4.06. The Bertz CT molecular complexity index is 141. The summed E-state index contributed by atoms with van der Waals surface area (Å²) in [6.07, 6.45) is 0. The third-order valence-electron chi connectivity index (χ3n) is 1.17. The molecule has 0 aromatic heterocycles. The topological polar surface area (TPSA) is 52.3 Å². The van der Waals surface area contributed by atoms with E-state index in [1.807, 2.05) is 13.8 Å². The number of hydrogen-bond acceptors (Lipinski definition) is 3. The number of esters is 1. The second-order valence-electron chi connectivity index (χ2n) is 2.28. The van der Waals surface area contributed by atoms with Crippen LogP contribution >= 0.6 is 0 Å². The van der Waals surface area contributed by atoms with E-state index in [1.54, 1.807) is 0 Å². The highest BCUT2D eigenvalue weighted by molar-refractivity contribution is 5.88. The smallest absolute Gasteiger partial charge is 0.334 e. The van der Waals surface area contributed by atoms with Crippen LogP contribution in [0.25, 0.3) is 0 Å². The number of carbonyl (C=O) groups excluding carboxylic acids is 1. The van der Waals surface area contributed by atoms with Gasteiger partial charge in [-0.1, -0.05) is 20.4 Å². The van der Waals surface area contributed by atoms with Gasteiger partial charge in [-0.05, 0) is 5.92 Å². The quantitative estimate of drug-likeness (QED) is 0.358. The van der Waals surface area contributed by atoms with Crippen molar-refractivity contribution in [2.45, 2.75) is 13.8 Å². The van der Waals surface area contributed by atoms with Gasteiger partial charge in [0.25, 0.3) is 0 Å². The van der Waals surface area contributed by atoms with Gasteiger partial charge in [-0.2, -0.15) is 0 Å². The Labute approximate surface area is 60.9 Å². The average molecular weight is 143 g/mol. The van der Waals surface area contributed by atoms with E-state index >= 15 is 0 Å². The summed E-state index contributed by atoms with van der Waals surface area (Å²) in [5.74, 6) is -0.281. The molecule has 0 bridgehead atoms. The molecule has 2 N–H and O–H groups in total. The summed E-state index contributed by atoms with van der Waals surface area (Å²) in [4.78, 5) is 10.8. The van der Waals surface area contributed by atoms with E-state index in [0.29, 0.717) is 5.57 Å². The minimum atomic E-state index is -0.405. The maximum atomic E-state index is 10.8. The van der Waals surface area contributed by atoms with E-state index in [-0.39, 0.29) is 12.6 Å². The van der Waals surface area contributed by atoms with Crippen molar-refractivity contribution in [3.05, 3.63) is 12.2 Å². The van der Waals surface area contributed by atoms with Crippen LogP contribution in [0.1, 0.15) is 13.8 Å². The molecule has 0 aromatic carbocycles. The Morgan fingerprint density at radius 1 is 1.70 bits per heavy atom. The monoisotopic (exact) mass is 143 g/mol. The summed E-state index contributed by atoms with van der Waals surface area (Å²) >= 11 is 0. The molecule has 0 aromatic rings. The van der Waals surface area contributed by atoms with Crippen LogP contribution in [0.5, 0.6) is 0 Å². The summed E-state index contributed by atoms with van der Waals surface area (Å²) in [6, 6.07) is 0. The molecule has 0 fully saturated rings. The fourth-order valence-corrected chi connectivity index (χ4v) is 0.404. The lowest BCUT2D eigenvalue weighted by atomic mass is 10.1. The molecule has 0 radical (unpaired) electrons. The third kappa shape index (κ3) is 2.64. The van der Waals surface area contributed by atoms with E-state index in [9.17, 15) is 4.79 Å². The summed E-state index contributed by atoms with van der Waals surface area (Å²) in [7, 11) is 0. The first kappa shape index (κ1) is 9.17. The molecule has 0 saturated carbocycles. The minimum Gasteiger partial charge on any atom is -0.447 e. The lowest BCUT2D eigenvalue weighted by Gasteiger charge is -2.06. The van der Waals surface area contributed by atoms with Crippen LogP contribution < -0.4 is 5.73 Å². The van der Waals surface area contributed by atoms with Gasteiger partial charge in [0.15, 0.2) is 0 Å². The molecule has 0 unspecified atom stereocenters. The molecule has 3 heteroatoms. The summed E-state index contributed by atoms with van der Waals surface area (Å²) in [5.41, 5.74) is 5.45. The minimum absolute atomic E-state index is 0.0788. The zero-order chi connectivity index (χ0) is 8.15. The van der Waals surface area contributed by atoms with Gasteiger partial charge in [0, 0.05) is 5.57 Å². The molecule has 10 heavy (non-hydrogen) atoms. The van der Waals surface area contributed by atoms with Crippen molar-refractivity contribution < 1.29 is 9.53 Å². The fourth-order valence-electron chi connectivity index (χ4n) is 0.404. The third-order valence-corrected chi connectivity index (χ3v) is 1.17. The highest BCUT2D eigenvalue weighted by Gasteiger charge is 2.10. The van der Waals surface area contributed by atoms with Gasteiger partial charge in [0.05, 0.1) is 0 Å². The van der Waals surface area contributed by atoms with E-state index in [4.69, 9.17) is 5.73 Å². The molecule has 0 rings (SSSR count). The van der Waals surface area contributed by atoms with E-state index in [2.05, 4.69) is 11.3 Å². The molecule has 0 aliphatic heterocycles. The number of carbonyl (C=O) groups is 1. The molecular weight excluding hydrogens is 130 g/mol. The van der Waals surface area contributed by atoms with E-state index in [1.165, 1.54) is 0 Å². The van der Waals surface area contributed by atoms with Gasteiger partial charge in [-0.25, -0.2) is 4.79 Å². The lowest BCUT2D eigenvalue weighted by Crippen LogP contribution is -2.15. The van der Waals surface area contributed by atoms with Gasteiger partial charge in [0.1, 0.15) is 6.73 Å². The highest BCUT2D eigenvalue weighted by Crippen LogP contribution is 2.07. The van der Waals surface area contributed by atoms with Crippen LogP contribution in [0, 0.1) is 5.92 Å². The molecule has 58 valence electrons. The molecule has 0 amide bonds. The first-order valence-corrected chi connectivity index (χ1v) is 3.15. The molecule has 0 heterocycles. The summed E-state index contributed by atoms with van der Waals surface area (Å²) in [5, 5.41) is 0. The molecule has 0 aliphatic carbocycles. The van der Waals surface area contributed by atoms with Gasteiger partial charge < -0.3 is 4.74 Å². The number of hydrogen-bond donors (Lipinski definition) is 1. The van der Waals surface area contributed by atoms with Gasteiger partial charge in [0.2, 0.25) is 0 Å². The Hall–Kier alpha value is -0.830. The summed E-state index contributed by atoms with van der Waals surface area (Å²) in [6.45, 7) is 7.21. The zero-order valence-electron chi connectivity index (χ0n) is 6.39. The SMILES string of the molecule is C=C(C(=O)OCN)C(C)C. The molecule has 0 saturated heterocycles. The first-order chi connectivity index (χ1) is 4.59. The maximum absolute atomic E-state index is 10.8. The van der Waals surface area contributed by atoms with Crippen LogP contribution in [0.2, 0.25) is 0 Å². The number of ether oxygens (including phenoxy) is 1. The summed E-state index contributed by atoms with van der Waals surface area (Å²) < 4.78 is 4.50. The molecule has 3 nitrogen and oxygen atoms in total. The van der Waals surface area contributed by atoms with Crippen LogP contribution in [0.3, 0.4) is 0 Å². The predicted octanol–water partition coefficient (Wildman–Crippen LogP) is 0.658. The van der Waals surface area contributed by atoms with Gasteiger partial charge >= 0.3 is 5.97 Å². The van der Waals surface area contributed by atoms with Crippen molar-refractivity contribution in [1.82, 2.24) is 0 Å². The van der Waals surface area contributed by atoms with Crippen molar-refractivity contribution in [3.63, 3.8) is 0 Å². The molecule has 0 atom stereocenters. The fraction of sp³-hybridized carbons (Fsp3) is 0.571. The normalized spacial score (nSPS) is 9.60. The van der Waals surface area contributed by atoms with Crippen molar-refractivity contribution in [2.24, 2.45) is 11.7 Å². The Kier molecular flexibility index (Phi) is 3.72. The second-order valence-corrected chi connectivity index (χ2v) is 2.28. The van der Waals surface area contributed by atoms with Crippen LogP contribution in [0.15, 0.2) is 12.2 Å². The Morgan fingerprint density at radius 2 is 2.20 bits per heavy atom. The largest absolute Gasteiger partial charge is 0.447 e. The van der Waals surface area contributed by atoms with Crippen LogP contribution in [0.4, 0.5) is 0 Å². The first-order valence-electron chi connectivity index (χ1n) is 3.15. The molecule has 0 aliphatic rings. The zero-order valence-corrected chi connectivity index (χ0v) is 6.39.